The molecule has 0 saturated heterocycles. The van der Waals surface area contributed by atoms with Gasteiger partial charge in [0.15, 0.2) is 6.20 Å². The SMILES string of the molecule is [C-]#[N+]c1c(-c2cccc[n+]2C)c(C)cc2c1oc1cc(C)ccc12. The molecular weight excluding hydrogens is 296 g/mol. The van der Waals surface area contributed by atoms with Crippen molar-refractivity contribution < 1.29 is 8.98 Å². The van der Waals surface area contributed by atoms with E-state index in [9.17, 15) is 0 Å². The number of aromatic nitrogens is 1. The summed E-state index contributed by atoms with van der Waals surface area (Å²) < 4.78 is 8.13. The summed E-state index contributed by atoms with van der Waals surface area (Å²) in [6, 6.07) is 14.3. The maximum absolute atomic E-state index is 7.75. The summed E-state index contributed by atoms with van der Waals surface area (Å²) in [5.74, 6) is 0. The zero-order valence-electron chi connectivity index (χ0n) is 13.9. The van der Waals surface area contributed by atoms with Gasteiger partial charge in [0.1, 0.15) is 18.2 Å². The first-order chi connectivity index (χ1) is 11.6. The molecule has 3 heteroatoms. The molecule has 2 aromatic heterocycles. The maximum atomic E-state index is 7.75. The summed E-state index contributed by atoms with van der Waals surface area (Å²) in [6.07, 6.45) is 1.99. The predicted molar refractivity (Wildman–Crippen MR) is 96.1 cm³/mol. The molecule has 2 heterocycles. The van der Waals surface area contributed by atoms with E-state index < -0.39 is 0 Å². The average molecular weight is 313 g/mol. The summed E-state index contributed by atoms with van der Waals surface area (Å²) in [5, 5.41) is 2.07. The highest BCUT2D eigenvalue weighted by Crippen LogP contribution is 2.42. The van der Waals surface area contributed by atoms with Crippen LogP contribution in [-0.2, 0) is 7.05 Å². The van der Waals surface area contributed by atoms with Crippen LogP contribution in [0.2, 0.25) is 0 Å². The Morgan fingerprint density at radius 2 is 1.88 bits per heavy atom. The van der Waals surface area contributed by atoms with Crippen molar-refractivity contribution in [1.29, 1.82) is 0 Å². The van der Waals surface area contributed by atoms with E-state index in [4.69, 9.17) is 11.0 Å². The Kier molecular flexibility index (Phi) is 3.14. The molecule has 0 fully saturated rings. The Morgan fingerprint density at radius 3 is 2.62 bits per heavy atom. The maximum Gasteiger partial charge on any atom is 0.243 e. The lowest BCUT2D eigenvalue weighted by molar-refractivity contribution is -0.660. The van der Waals surface area contributed by atoms with Crippen molar-refractivity contribution in [2.75, 3.05) is 0 Å². The minimum absolute atomic E-state index is 0.584. The van der Waals surface area contributed by atoms with Gasteiger partial charge in [0.25, 0.3) is 0 Å². The average Bonchev–Trinajstić information content (AvgIpc) is 2.91. The number of hydrogen-bond donors (Lipinski definition) is 0. The van der Waals surface area contributed by atoms with E-state index in [0.29, 0.717) is 11.3 Å². The number of rotatable bonds is 1. The molecule has 0 radical (unpaired) electrons. The van der Waals surface area contributed by atoms with E-state index in [0.717, 1.165) is 38.7 Å². The molecule has 0 aliphatic heterocycles. The van der Waals surface area contributed by atoms with Gasteiger partial charge in [-0.1, -0.05) is 12.1 Å². The summed E-state index contributed by atoms with van der Waals surface area (Å²) in [7, 11) is 1.99. The van der Waals surface area contributed by atoms with Crippen LogP contribution in [-0.4, -0.2) is 0 Å². The third-order valence-electron chi connectivity index (χ3n) is 4.51. The van der Waals surface area contributed by atoms with E-state index in [2.05, 4.69) is 30.0 Å². The highest BCUT2D eigenvalue weighted by molar-refractivity contribution is 6.12. The minimum Gasteiger partial charge on any atom is -0.467 e. The minimum atomic E-state index is 0.584. The number of pyridine rings is 1. The van der Waals surface area contributed by atoms with E-state index in [-0.39, 0.29) is 0 Å². The number of benzene rings is 2. The van der Waals surface area contributed by atoms with Crippen molar-refractivity contribution in [3.05, 3.63) is 71.2 Å². The number of fused-ring (bicyclic) bond motifs is 3. The van der Waals surface area contributed by atoms with Crippen LogP contribution in [0.15, 0.2) is 53.1 Å². The Hall–Kier alpha value is -3.12. The molecular formula is C21H17N2O+. The van der Waals surface area contributed by atoms with Crippen LogP contribution >= 0.6 is 0 Å². The van der Waals surface area contributed by atoms with Gasteiger partial charge in [-0.25, -0.2) is 9.41 Å². The summed E-state index contributed by atoms with van der Waals surface area (Å²) in [4.78, 5) is 3.84. The Morgan fingerprint density at radius 1 is 1.04 bits per heavy atom. The van der Waals surface area contributed by atoms with E-state index >= 15 is 0 Å². The Labute approximate surface area is 140 Å². The first-order valence-electron chi connectivity index (χ1n) is 7.89. The highest BCUT2D eigenvalue weighted by Gasteiger charge is 2.22. The molecule has 0 amide bonds. The molecule has 0 aliphatic rings. The molecule has 0 atom stereocenters. The van der Waals surface area contributed by atoms with Gasteiger partial charge in [-0.2, -0.15) is 0 Å². The lowest BCUT2D eigenvalue weighted by Gasteiger charge is -2.07. The molecule has 0 unspecified atom stereocenters. The van der Waals surface area contributed by atoms with Gasteiger partial charge in [-0.3, -0.25) is 0 Å². The molecule has 0 saturated carbocycles. The van der Waals surface area contributed by atoms with Crippen LogP contribution in [0.5, 0.6) is 0 Å². The van der Waals surface area contributed by atoms with Crippen molar-refractivity contribution >= 4 is 27.6 Å². The Balaban J connectivity index is 2.17. The van der Waals surface area contributed by atoms with E-state index in [1.807, 2.05) is 49.0 Å². The van der Waals surface area contributed by atoms with Gasteiger partial charge >= 0.3 is 0 Å². The fraction of sp³-hybridized carbons (Fsp3) is 0.143. The molecule has 4 aromatic rings. The lowest BCUT2D eigenvalue weighted by Crippen LogP contribution is -2.30. The second-order valence-electron chi connectivity index (χ2n) is 6.20. The molecule has 116 valence electrons. The van der Waals surface area contributed by atoms with Gasteiger partial charge in [-0.05, 0) is 43.2 Å². The molecule has 24 heavy (non-hydrogen) atoms. The van der Waals surface area contributed by atoms with Gasteiger partial charge < -0.3 is 4.42 Å². The number of furan rings is 1. The fourth-order valence-corrected chi connectivity index (χ4v) is 3.34. The molecule has 4 rings (SSSR count). The summed E-state index contributed by atoms with van der Waals surface area (Å²) in [5.41, 5.74) is 6.28. The molecule has 0 spiro atoms. The normalized spacial score (nSPS) is 11.1. The van der Waals surface area contributed by atoms with E-state index in [1.165, 1.54) is 0 Å². The van der Waals surface area contributed by atoms with Crippen molar-refractivity contribution in [3.8, 4) is 11.3 Å². The van der Waals surface area contributed by atoms with Crippen molar-refractivity contribution in [2.24, 2.45) is 7.05 Å². The van der Waals surface area contributed by atoms with Crippen molar-refractivity contribution in [1.82, 2.24) is 0 Å². The second-order valence-corrected chi connectivity index (χ2v) is 6.20. The van der Waals surface area contributed by atoms with Crippen LogP contribution in [0.3, 0.4) is 0 Å². The van der Waals surface area contributed by atoms with Crippen LogP contribution in [0.4, 0.5) is 5.69 Å². The van der Waals surface area contributed by atoms with Gasteiger partial charge in [0.2, 0.25) is 11.4 Å². The smallest absolute Gasteiger partial charge is 0.243 e. The van der Waals surface area contributed by atoms with Crippen LogP contribution in [0.1, 0.15) is 11.1 Å². The third kappa shape index (κ3) is 2.00. The summed E-state index contributed by atoms with van der Waals surface area (Å²) >= 11 is 0. The van der Waals surface area contributed by atoms with Gasteiger partial charge in [0, 0.05) is 22.9 Å². The zero-order valence-corrected chi connectivity index (χ0v) is 13.9. The molecule has 0 bridgehead atoms. The molecule has 0 N–H and O–H groups in total. The number of aryl methyl sites for hydroxylation is 3. The van der Waals surface area contributed by atoms with Crippen LogP contribution < -0.4 is 4.57 Å². The first-order valence-corrected chi connectivity index (χ1v) is 7.89. The molecule has 0 aliphatic carbocycles. The van der Waals surface area contributed by atoms with Crippen molar-refractivity contribution in [3.63, 3.8) is 0 Å². The standard InChI is InChI=1S/C21H17N2O/c1-13-8-9-15-16-12-14(2)19(17-7-5-6-10-23(17)4)20(22-3)21(16)24-18(15)11-13/h5-12H,1-2,4H3/q+1. The van der Waals surface area contributed by atoms with Gasteiger partial charge in [-0.15, -0.1) is 0 Å². The van der Waals surface area contributed by atoms with Crippen molar-refractivity contribution in [2.45, 2.75) is 13.8 Å². The number of hydrogen-bond acceptors (Lipinski definition) is 1. The Bertz CT molecular complexity index is 1150. The molecule has 3 nitrogen and oxygen atoms in total. The topological polar surface area (TPSA) is 21.4 Å². The number of nitrogens with zero attached hydrogens (tertiary/aromatic N) is 2. The second kappa shape index (κ2) is 5.21. The fourth-order valence-electron chi connectivity index (χ4n) is 3.34. The predicted octanol–water partition coefficient (Wildman–Crippen LogP) is 5.25. The largest absolute Gasteiger partial charge is 0.467 e. The van der Waals surface area contributed by atoms with Crippen LogP contribution in [0.25, 0.3) is 38.0 Å². The lowest BCUT2D eigenvalue weighted by atomic mass is 9.98. The van der Waals surface area contributed by atoms with Crippen LogP contribution in [0, 0.1) is 20.4 Å². The van der Waals surface area contributed by atoms with E-state index in [1.54, 1.807) is 0 Å². The highest BCUT2D eigenvalue weighted by atomic mass is 16.3. The zero-order chi connectivity index (χ0) is 16.8. The first kappa shape index (κ1) is 14.5. The van der Waals surface area contributed by atoms with Gasteiger partial charge in [0.05, 0.1) is 12.1 Å². The quantitative estimate of drug-likeness (QED) is 0.347. The third-order valence-corrected chi connectivity index (χ3v) is 4.51. The monoisotopic (exact) mass is 313 g/mol. The molecule has 2 aromatic carbocycles. The summed E-state index contributed by atoms with van der Waals surface area (Å²) in [6.45, 7) is 11.9.